The van der Waals surface area contributed by atoms with Gasteiger partial charge in [0.25, 0.3) is 0 Å². The summed E-state index contributed by atoms with van der Waals surface area (Å²) in [5.41, 5.74) is 1.55. The van der Waals surface area contributed by atoms with Crippen LogP contribution < -0.4 is 5.73 Å². The van der Waals surface area contributed by atoms with Gasteiger partial charge in [0.2, 0.25) is 5.91 Å². The first-order valence-electron chi connectivity index (χ1n) is 7.62. The summed E-state index contributed by atoms with van der Waals surface area (Å²) in [6.07, 6.45) is 3.58. The number of nitrogens with two attached hydrogens (primary N) is 1. The molecule has 2 rings (SSSR count). The second-order valence-electron chi connectivity index (χ2n) is 5.45. The van der Waals surface area contributed by atoms with Crippen molar-refractivity contribution in [3.8, 4) is 0 Å². The first-order valence-corrected chi connectivity index (χ1v) is 8.43. The fourth-order valence-corrected chi connectivity index (χ4v) is 2.95. The van der Waals surface area contributed by atoms with E-state index in [4.69, 9.17) is 5.73 Å². The molecule has 1 saturated heterocycles. The summed E-state index contributed by atoms with van der Waals surface area (Å²) in [5.74, 6) is -0.208. The number of halogens is 3. The lowest BCUT2D eigenvalue weighted by Gasteiger charge is -2.19. The largest absolute Gasteiger partial charge is 0.446 e. The molecule has 1 fully saturated rings. The minimum absolute atomic E-state index is 0.0926. The van der Waals surface area contributed by atoms with Gasteiger partial charge in [0.1, 0.15) is 0 Å². The first kappa shape index (κ1) is 19.2. The Hall–Kier alpha value is -2.16. The van der Waals surface area contributed by atoms with Crippen LogP contribution in [0.4, 0.5) is 18.0 Å². The molecule has 0 saturated carbocycles. The molecule has 0 spiro atoms. The number of hydrogen-bond donors (Lipinski definition) is 1. The van der Waals surface area contributed by atoms with Crippen molar-refractivity contribution < 1.29 is 22.8 Å². The van der Waals surface area contributed by atoms with Crippen molar-refractivity contribution in [3.05, 3.63) is 35.9 Å². The van der Waals surface area contributed by atoms with E-state index in [9.17, 15) is 22.8 Å². The van der Waals surface area contributed by atoms with E-state index in [-0.39, 0.29) is 22.6 Å². The summed E-state index contributed by atoms with van der Waals surface area (Å²) in [6, 6.07) is 5.27. The van der Waals surface area contributed by atoms with Crippen LogP contribution in [0.25, 0.3) is 6.08 Å². The highest BCUT2D eigenvalue weighted by Crippen LogP contribution is 2.36. The maximum absolute atomic E-state index is 12.3. The molecule has 0 aromatic heterocycles. The molecule has 136 valence electrons. The lowest BCUT2D eigenvalue weighted by Crippen LogP contribution is -2.39. The maximum atomic E-state index is 12.3. The molecule has 0 unspecified atom stereocenters. The first-order chi connectivity index (χ1) is 11.7. The molecule has 5 nitrogen and oxygen atoms in total. The summed E-state index contributed by atoms with van der Waals surface area (Å²) in [6.45, 7) is 1.82. The zero-order valence-electron chi connectivity index (χ0n) is 13.3. The predicted octanol–water partition coefficient (Wildman–Crippen LogP) is 2.92. The van der Waals surface area contributed by atoms with E-state index >= 15 is 0 Å². The van der Waals surface area contributed by atoms with Crippen molar-refractivity contribution in [3.63, 3.8) is 0 Å². The van der Waals surface area contributed by atoms with Crippen molar-refractivity contribution in [1.29, 1.82) is 0 Å². The van der Waals surface area contributed by atoms with Crippen LogP contribution >= 0.6 is 11.8 Å². The standard InChI is InChI=1S/C16H18F3N3O2S/c17-16(18,19)25-13-5-2-12(3-6-13)4-7-14(23)21-8-1-9-22(11-10-21)15(20)24/h2-7H,1,8-11H2,(H2,20,24). The Balaban J connectivity index is 1.92. The Morgan fingerprint density at radius 1 is 1.04 bits per heavy atom. The minimum Gasteiger partial charge on any atom is -0.351 e. The smallest absolute Gasteiger partial charge is 0.351 e. The van der Waals surface area contributed by atoms with Gasteiger partial charge >= 0.3 is 11.5 Å². The Bertz CT molecular complexity index is 647. The molecule has 9 heteroatoms. The summed E-state index contributed by atoms with van der Waals surface area (Å²) in [5, 5.41) is 0. The van der Waals surface area contributed by atoms with Crippen molar-refractivity contribution in [2.75, 3.05) is 26.2 Å². The number of primary amides is 1. The number of thioether (sulfide) groups is 1. The summed E-state index contributed by atoms with van der Waals surface area (Å²) in [4.78, 5) is 26.6. The van der Waals surface area contributed by atoms with Crippen LogP contribution in [-0.2, 0) is 4.79 Å². The highest BCUT2D eigenvalue weighted by molar-refractivity contribution is 8.00. The molecule has 0 aliphatic carbocycles. The molecule has 1 heterocycles. The average Bonchev–Trinajstić information content (AvgIpc) is 2.78. The lowest BCUT2D eigenvalue weighted by molar-refractivity contribution is -0.125. The molecule has 3 amide bonds. The predicted molar refractivity (Wildman–Crippen MR) is 89.7 cm³/mol. The van der Waals surface area contributed by atoms with Gasteiger partial charge in [-0.05, 0) is 42.0 Å². The molecule has 2 N–H and O–H groups in total. The zero-order chi connectivity index (χ0) is 18.4. The van der Waals surface area contributed by atoms with Crippen LogP contribution in [0.3, 0.4) is 0 Å². The molecule has 0 radical (unpaired) electrons. The topological polar surface area (TPSA) is 66.6 Å². The van der Waals surface area contributed by atoms with Crippen LogP contribution in [0.15, 0.2) is 35.2 Å². The fraction of sp³-hybridized carbons (Fsp3) is 0.375. The molecule has 1 aromatic rings. The number of alkyl halides is 3. The van der Waals surface area contributed by atoms with Gasteiger partial charge in [0.05, 0.1) is 0 Å². The van der Waals surface area contributed by atoms with E-state index in [1.807, 2.05) is 0 Å². The van der Waals surface area contributed by atoms with E-state index in [0.29, 0.717) is 38.2 Å². The van der Waals surface area contributed by atoms with Crippen LogP contribution in [0.2, 0.25) is 0 Å². The number of hydrogen-bond acceptors (Lipinski definition) is 3. The maximum Gasteiger partial charge on any atom is 0.446 e. The molecule has 0 atom stereocenters. The molecule has 1 aromatic carbocycles. The highest BCUT2D eigenvalue weighted by Gasteiger charge is 2.28. The molecular formula is C16H18F3N3O2S. The van der Waals surface area contributed by atoms with Crippen molar-refractivity contribution in [2.24, 2.45) is 5.73 Å². The summed E-state index contributed by atoms with van der Waals surface area (Å²) in [7, 11) is 0. The van der Waals surface area contributed by atoms with E-state index in [0.717, 1.165) is 0 Å². The SMILES string of the molecule is NC(=O)N1CCCN(C(=O)C=Cc2ccc(SC(F)(F)F)cc2)CC1. The van der Waals surface area contributed by atoms with E-state index in [1.54, 1.807) is 11.0 Å². The Kier molecular flexibility index (Phi) is 6.35. The van der Waals surface area contributed by atoms with Crippen LogP contribution in [0.5, 0.6) is 0 Å². The van der Waals surface area contributed by atoms with Crippen molar-refractivity contribution in [1.82, 2.24) is 9.80 Å². The van der Waals surface area contributed by atoms with Crippen LogP contribution in [-0.4, -0.2) is 53.4 Å². The van der Waals surface area contributed by atoms with Gasteiger partial charge < -0.3 is 15.5 Å². The minimum atomic E-state index is -4.32. The third kappa shape index (κ3) is 6.33. The van der Waals surface area contributed by atoms with Gasteiger partial charge in [-0.3, -0.25) is 4.79 Å². The summed E-state index contributed by atoms with van der Waals surface area (Å²) < 4.78 is 36.8. The lowest BCUT2D eigenvalue weighted by atomic mass is 10.2. The number of carbonyl (C=O) groups excluding carboxylic acids is 2. The molecule has 1 aliphatic rings. The van der Waals surface area contributed by atoms with Gasteiger partial charge in [0.15, 0.2) is 0 Å². The van der Waals surface area contributed by atoms with Crippen LogP contribution in [0.1, 0.15) is 12.0 Å². The third-order valence-electron chi connectivity index (χ3n) is 3.65. The van der Waals surface area contributed by atoms with E-state index in [1.165, 1.54) is 35.2 Å². The van der Waals surface area contributed by atoms with Crippen LogP contribution in [0, 0.1) is 0 Å². The van der Waals surface area contributed by atoms with Gasteiger partial charge in [0, 0.05) is 37.2 Å². The Morgan fingerprint density at radius 2 is 1.64 bits per heavy atom. The Labute approximate surface area is 147 Å². The molecule has 1 aliphatic heterocycles. The van der Waals surface area contributed by atoms with Gasteiger partial charge in [-0.15, -0.1) is 0 Å². The highest BCUT2D eigenvalue weighted by atomic mass is 32.2. The zero-order valence-corrected chi connectivity index (χ0v) is 14.1. The van der Waals surface area contributed by atoms with Gasteiger partial charge in [-0.25, -0.2) is 4.79 Å². The molecule has 25 heavy (non-hydrogen) atoms. The second-order valence-corrected chi connectivity index (χ2v) is 6.59. The number of amides is 3. The number of rotatable bonds is 3. The second kappa shape index (κ2) is 8.28. The third-order valence-corrected chi connectivity index (χ3v) is 4.39. The average molecular weight is 373 g/mol. The summed E-state index contributed by atoms with van der Waals surface area (Å²) >= 11 is -0.180. The molecule has 0 bridgehead atoms. The van der Waals surface area contributed by atoms with Crippen molar-refractivity contribution >= 4 is 29.8 Å². The van der Waals surface area contributed by atoms with E-state index in [2.05, 4.69) is 0 Å². The quantitative estimate of drug-likeness (QED) is 0.654. The number of urea groups is 1. The van der Waals surface area contributed by atoms with E-state index < -0.39 is 11.5 Å². The fourth-order valence-electron chi connectivity index (χ4n) is 2.41. The molecular weight excluding hydrogens is 355 g/mol. The monoisotopic (exact) mass is 373 g/mol. The number of nitrogens with zero attached hydrogens (tertiary/aromatic N) is 2. The normalized spacial score (nSPS) is 16.1. The number of benzene rings is 1. The van der Waals surface area contributed by atoms with Gasteiger partial charge in [-0.1, -0.05) is 12.1 Å². The Morgan fingerprint density at radius 3 is 2.24 bits per heavy atom. The van der Waals surface area contributed by atoms with Crippen molar-refractivity contribution in [2.45, 2.75) is 16.8 Å². The number of carbonyl (C=O) groups is 2. The van der Waals surface area contributed by atoms with Gasteiger partial charge in [-0.2, -0.15) is 13.2 Å².